The molecule has 1 aromatic carbocycles. The Morgan fingerprint density at radius 1 is 1.30 bits per heavy atom. The minimum atomic E-state index is -0.988. The molecule has 0 saturated heterocycles. The van der Waals surface area contributed by atoms with E-state index in [0.717, 1.165) is 0 Å². The number of alkyl halides is 2. The molecule has 1 atom stereocenters. The predicted octanol–water partition coefficient (Wildman–Crippen LogP) is 2.80. The monoisotopic (exact) mass is 252 g/mol. The third kappa shape index (κ3) is 1.83. The van der Waals surface area contributed by atoms with Crippen molar-refractivity contribution in [2.75, 3.05) is 0 Å². The Morgan fingerprint density at radius 3 is 2.20 bits per heavy atom. The van der Waals surface area contributed by atoms with Gasteiger partial charge in [-0.15, -0.1) is 0 Å². The summed E-state index contributed by atoms with van der Waals surface area (Å²) in [6.07, 6.45) is 0. The van der Waals surface area contributed by atoms with Gasteiger partial charge < -0.3 is 5.11 Å². The molecule has 3 heteroatoms. The molecule has 0 heterocycles. The van der Waals surface area contributed by atoms with Crippen molar-refractivity contribution in [3.63, 3.8) is 0 Å². The number of hydrogen-bond donors (Lipinski definition) is 1. The topological polar surface area (TPSA) is 20.2 Å². The Morgan fingerprint density at radius 2 is 1.80 bits per heavy atom. The van der Waals surface area contributed by atoms with Crippen LogP contribution in [0.15, 0.2) is 24.3 Å². The second kappa shape index (κ2) is 3.18. The molecule has 1 N–H and O–H groups in total. The summed E-state index contributed by atoms with van der Waals surface area (Å²) in [6.45, 7) is 0. The van der Waals surface area contributed by atoms with Crippen molar-refractivity contribution < 1.29 is 9.50 Å². The lowest BCUT2D eigenvalue weighted by Crippen LogP contribution is -1.78. The van der Waals surface area contributed by atoms with Crippen LogP contribution in [0, 0.1) is 0 Å². The van der Waals surface area contributed by atoms with E-state index in [1.165, 1.54) is 12.1 Å². The number of aromatic hydroxyl groups is 1. The number of phenolic OH excluding ortho intramolecular Hbond substituents is 1. The summed E-state index contributed by atoms with van der Waals surface area (Å²) >= 11 is 1.67. The molecule has 1 aromatic rings. The van der Waals surface area contributed by atoms with E-state index >= 15 is 0 Å². The van der Waals surface area contributed by atoms with E-state index < -0.39 is 4.18 Å². The highest BCUT2D eigenvalue weighted by Crippen LogP contribution is 2.25. The van der Waals surface area contributed by atoms with E-state index in [0.29, 0.717) is 5.56 Å². The van der Waals surface area contributed by atoms with Crippen LogP contribution < -0.4 is 0 Å². The molecule has 1 nitrogen and oxygen atoms in total. The van der Waals surface area contributed by atoms with Crippen LogP contribution in [0.2, 0.25) is 0 Å². The molecule has 0 amide bonds. The minimum Gasteiger partial charge on any atom is -0.508 e. The maximum atomic E-state index is 12.5. The maximum absolute atomic E-state index is 12.5. The van der Waals surface area contributed by atoms with Crippen LogP contribution >= 0.6 is 22.6 Å². The van der Waals surface area contributed by atoms with E-state index in [9.17, 15) is 4.39 Å². The molecule has 54 valence electrons. The van der Waals surface area contributed by atoms with Gasteiger partial charge in [-0.05, 0) is 40.3 Å². The highest BCUT2D eigenvalue weighted by Gasteiger charge is 2.02. The number of rotatable bonds is 1. The molecule has 0 radical (unpaired) electrons. The third-order valence-electron chi connectivity index (χ3n) is 1.15. The summed E-state index contributed by atoms with van der Waals surface area (Å²) in [5, 5.41) is 8.81. The molecular weight excluding hydrogens is 246 g/mol. The number of benzene rings is 1. The van der Waals surface area contributed by atoms with Crippen LogP contribution in [-0.2, 0) is 0 Å². The zero-order valence-electron chi connectivity index (χ0n) is 5.09. The molecule has 10 heavy (non-hydrogen) atoms. The first-order chi connectivity index (χ1) is 4.70. The van der Waals surface area contributed by atoms with Gasteiger partial charge >= 0.3 is 0 Å². The van der Waals surface area contributed by atoms with Crippen LogP contribution in [0.1, 0.15) is 9.74 Å². The highest BCUT2D eigenvalue weighted by molar-refractivity contribution is 14.1. The number of hydrogen-bond acceptors (Lipinski definition) is 1. The van der Waals surface area contributed by atoms with Crippen LogP contribution in [0.25, 0.3) is 0 Å². The lowest BCUT2D eigenvalue weighted by Gasteiger charge is -1.98. The van der Waals surface area contributed by atoms with Gasteiger partial charge in [0.1, 0.15) is 5.75 Å². The Kier molecular flexibility index (Phi) is 2.48. The molecule has 0 aromatic heterocycles. The van der Waals surface area contributed by atoms with Crippen LogP contribution in [0.4, 0.5) is 4.39 Å². The zero-order chi connectivity index (χ0) is 7.56. The normalized spacial score (nSPS) is 13.0. The van der Waals surface area contributed by atoms with Crippen molar-refractivity contribution in [1.29, 1.82) is 0 Å². The molecule has 0 aliphatic rings. The predicted molar refractivity (Wildman–Crippen MR) is 46.0 cm³/mol. The van der Waals surface area contributed by atoms with Gasteiger partial charge in [0.2, 0.25) is 0 Å². The van der Waals surface area contributed by atoms with Gasteiger partial charge in [0, 0.05) is 0 Å². The lowest BCUT2D eigenvalue weighted by molar-refractivity contribution is 0.471. The number of phenols is 1. The van der Waals surface area contributed by atoms with Gasteiger partial charge in [-0.3, -0.25) is 0 Å². The summed E-state index contributed by atoms with van der Waals surface area (Å²) in [7, 11) is 0. The molecule has 1 unspecified atom stereocenters. The average Bonchev–Trinajstić information content (AvgIpc) is 1.88. The first kappa shape index (κ1) is 7.78. The van der Waals surface area contributed by atoms with Crippen molar-refractivity contribution in [2.45, 2.75) is 4.18 Å². The van der Waals surface area contributed by atoms with Gasteiger partial charge in [-0.2, -0.15) is 0 Å². The van der Waals surface area contributed by atoms with Gasteiger partial charge in [0.25, 0.3) is 0 Å². The summed E-state index contributed by atoms with van der Waals surface area (Å²) in [6, 6.07) is 6.07. The van der Waals surface area contributed by atoms with Crippen molar-refractivity contribution in [1.82, 2.24) is 0 Å². The second-order valence-electron chi connectivity index (χ2n) is 1.89. The van der Waals surface area contributed by atoms with E-state index in [-0.39, 0.29) is 5.75 Å². The fraction of sp³-hybridized carbons (Fsp3) is 0.143. The van der Waals surface area contributed by atoms with Crippen LogP contribution in [0.5, 0.6) is 5.75 Å². The summed E-state index contributed by atoms with van der Waals surface area (Å²) in [5.74, 6) is 0.167. The molecule has 0 aliphatic heterocycles. The Hall–Kier alpha value is -0.320. The van der Waals surface area contributed by atoms with E-state index in [2.05, 4.69) is 0 Å². The van der Waals surface area contributed by atoms with E-state index in [4.69, 9.17) is 5.11 Å². The smallest absolute Gasteiger partial charge is 0.176 e. The molecule has 1 rings (SSSR count). The van der Waals surface area contributed by atoms with Crippen molar-refractivity contribution in [2.24, 2.45) is 0 Å². The van der Waals surface area contributed by atoms with Gasteiger partial charge in [-0.1, -0.05) is 12.1 Å². The standard InChI is InChI=1S/C7H6FIO/c8-7(9)5-1-3-6(10)4-2-5/h1-4,7,10H. The fourth-order valence-electron chi connectivity index (χ4n) is 0.620. The first-order valence-electron chi connectivity index (χ1n) is 2.77. The second-order valence-corrected chi connectivity index (χ2v) is 2.99. The zero-order valence-corrected chi connectivity index (χ0v) is 7.25. The average molecular weight is 252 g/mol. The van der Waals surface area contributed by atoms with E-state index in [1.54, 1.807) is 34.7 Å². The van der Waals surface area contributed by atoms with Gasteiger partial charge in [0.05, 0.1) is 0 Å². The molecule has 0 spiro atoms. The summed E-state index contributed by atoms with van der Waals surface area (Å²) < 4.78 is 11.5. The van der Waals surface area contributed by atoms with Crippen molar-refractivity contribution >= 4 is 22.6 Å². The Balaban J connectivity index is 2.89. The maximum Gasteiger partial charge on any atom is 0.176 e. The number of halogens is 2. The molecule has 0 fully saturated rings. The van der Waals surface area contributed by atoms with Gasteiger partial charge in [0.15, 0.2) is 4.18 Å². The fourth-order valence-corrected chi connectivity index (χ4v) is 1.04. The quantitative estimate of drug-likeness (QED) is 0.601. The Bertz CT molecular complexity index is 207. The lowest BCUT2D eigenvalue weighted by atomic mass is 10.2. The van der Waals surface area contributed by atoms with Crippen molar-refractivity contribution in [3.8, 4) is 5.75 Å². The molecule has 0 bridgehead atoms. The SMILES string of the molecule is Oc1ccc(C(F)I)cc1. The minimum absolute atomic E-state index is 0.167. The van der Waals surface area contributed by atoms with E-state index in [1.807, 2.05) is 0 Å². The molecular formula is C7H6FIO. The van der Waals surface area contributed by atoms with Crippen molar-refractivity contribution in [3.05, 3.63) is 29.8 Å². The summed E-state index contributed by atoms with van der Waals surface area (Å²) in [4.78, 5) is 0. The molecule has 0 saturated carbocycles. The molecule has 0 aliphatic carbocycles. The van der Waals surface area contributed by atoms with Crippen LogP contribution in [0.3, 0.4) is 0 Å². The largest absolute Gasteiger partial charge is 0.508 e. The first-order valence-corrected chi connectivity index (χ1v) is 4.02. The third-order valence-corrected chi connectivity index (χ3v) is 1.86. The van der Waals surface area contributed by atoms with Gasteiger partial charge in [-0.25, -0.2) is 4.39 Å². The highest BCUT2D eigenvalue weighted by atomic mass is 127. The summed E-state index contributed by atoms with van der Waals surface area (Å²) in [5.41, 5.74) is 0.582. The van der Waals surface area contributed by atoms with Crippen LogP contribution in [-0.4, -0.2) is 5.11 Å². The Labute approximate surface area is 72.0 Å².